The average Bonchev–Trinajstić information content (AvgIpc) is 2.47. The summed E-state index contributed by atoms with van der Waals surface area (Å²) in [7, 11) is 1.89. The van der Waals surface area contributed by atoms with E-state index in [0.29, 0.717) is 13.0 Å². The first-order valence-corrected chi connectivity index (χ1v) is 7.08. The molecule has 0 aliphatic heterocycles. The lowest BCUT2D eigenvalue weighted by Gasteiger charge is -2.16. The van der Waals surface area contributed by atoms with Gasteiger partial charge in [-0.2, -0.15) is 0 Å². The topological polar surface area (TPSA) is 81.7 Å². The second kappa shape index (κ2) is 9.90. The molecule has 6 nitrogen and oxygen atoms in total. The zero-order valence-electron chi connectivity index (χ0n) is 12.3. The van der Waals surface area contributed by atoms with Gasteiger partial charge in [0, 0.05) is 12.1 Å². The number of nitrogens with zero attached hydrogens (tertiary/aromatic N) is 1. The van der Waals surface area contributed by atoms with Gasteiger partial charge in [0.05, 0.1) is 6.54 Å². The molecule has 0 heterocycles. The zero-order chi connectivity index (χ0) is 15.5. The maximum atomic E-state index is 11.8. The predicted molar refractivity (Wildman–Crippen MR) is 81.0 cm³/mol. The van der Waals surface area contributed by atoms with Gasteiger partial charge in [-0.3, -0.25) is 19.7 Å². The minimum Gasteiger partial charge on any atom is -0.325 e. The number of rotatable bonds is 9. The molecule has 0 aromatic heterocycles. The van der Waals surface area contributed by atoms with Crippen molar-refractivity contribution in [2.75, 3.05) is 25.5 Å². The van der Waals surface area contributed by atoms with E-state index in [9.17, 15) is 9.59 Å². The van der Waals surface area contributed by atoms with Gasteiger partial charge < -0.3 is 5.32 Å². The first-order chi connectivity index (χ1) is 10.1. The van der Waals surface area contributed by atoms with Crippen LogP contribution in [0, 0.1) is 0 Å². The van der Waals surface area contributed by atoms with Crippen LogP contribution in [0.5, 0.6) is 0 Å². The number of likely N-dealkylation sites (N-methyl/N-ethyl adjacent to an activating group) is 1. The minimum atomic E-state index is -0.356. The third kappa shape index (κ3) is 8.06. The van der Waals surface area contributed by atoms with Crippen molar-refractivity contribution in [1.82, 2.24) is 10.4 Å². The van der Waals surface area contributed by atoms with E-state index in [1.54, 1.807) is 5.48 Å². The highest BCUT2D eigenvalue weighted by Gasteiger charge is 2.06. The van der Waals surface area contributed by atoms with Gasteiger partial charge in [-0.15, -0.1) is 0 Å². The first kappa shape index (κ1) is 17.1. The minimum absolute atomic E-state index is 0.0386. The van der Waals surface area contributed by atoms with Crippen molar-refractivity contribution < 1.29 is 14.8 Å². The van der Waals surface area contributed by atoms with Crippen LogP contribution >= 0.6 is 0 Å². The van der Waals surface area contributed by atoms with Crippen LogP contribution in [-0.2, 0) is 9.59 Å². The molecule has 0 radical (unpaired) electrons. The van der Waals surface area contributed by atoms with Crippen LogP contribution in [0.1, 0.15) is 25.7 Å². The summed E-state index contributed by atoms with van der Waals surface area (Å²) in [6.45, 7) is 1.13. The SMILES string of the molecule is CN(CCCCCC(=O)NO)CC(=O)Nc1ccccc1. The summed E-state index contributed by atoms with van der Waals surface area (Å²) in [6, 6.07) is 9.36. The molecule has 0 saturated heterocycles. The molecular weight excluding hydrogens is 270 g/mol. The highest BCUT2D eigenvalue weighted by molar-refractivity contribution is 5.92. The Hall–Kier alpha value is -1.92. The lowest BCUT2D eigenvalue weighted by Crippen LogP contribution is -2.30. The molecule has 2 amide bonds. The Bertz CT molecular complexity index is 437. The number of carbonyl (C=O) groups is 2. The molecule has 0 aliphatic rings. The van der Waals surface area contributed by atoms with Crippen molar-refractivity contribution in [1.29, 1.82) is 0 Å². The molecule has 0 spiro atoms. The van der Waals surface area contributed by atoms with Gasteiger partial charge in [-0.25, -0.2) is 5.48 Å². The number of amides is 2. The molecule has 1 aromatic carbocycles. The van der Waals surface area contributed by atoms with E-state index in [1.807, 2.05) is 42.3 Å². The number of carbonyl (C=O) groups excluding carboxylic acids is 2. The predicted octanol–water partition coefficient (Wildman–Crippen LogP) is 1.62. The summed E-state index contributed by atoms with van der Waals surface area (Å²) >= 11 is 0. The largest absolute Gasteiger partial charge is 0.325 e. The molecule has 0 fully saturated rings. The number of para-hydroxylation sites is 1. The van der Waals surface area contributed by atoms with Gasteiger partial charge in [-0.05, 0) is 38.6 Å². The highest BCUT2D eigenvalue weighted by Crippen LogP contribution is 2.05. The van der Waals surface area contributed by atoms with Crippen LogP contribution in [0.3, 0.4) is 0 Å². The van der Waals surface area contributed by atoms with Crippen molar-refractivity contribution in [2.24, 2.45) is 0 Å². The molecule has 1 rings (SSSR count). The smallest absolute Gasteiger partial charge is 0.243 e. The Morgan fingerprint density at radius 1 is 1.10 bits per heavy atom. The summed E-state index contributed by atoms with van der Waals surface area (Å²) in [4.78, 5) is 24.6. The van der Waals surface area contributed by atoms with E-state index in [2.05, 4.69) is 5.32 Å². The van der Waals surface area contributed by atoms with Crippen LogP contribution in [0.15, 0.2) is 30.3 Å². The van der Waals surface area contributed by atoms with Crippen LogP contribution < -0.4 is 10.8 Å². The number of nitrogens with one attached hydrogen (secondary N) is 2. The third-order valence-electron chi connectivity index (χ3n) is 3.04. The van der Waals surface area contributed by atoms with Gasteiger partial charge in [0.1, 0.15) is 0 Å². The van der Waals surface area contributed by atoms with E-state index in [4.69, 9.17) is 5.21 Å². The van der Waals surface area contributed by atoms with E-state index >= 15 is 0 Å². The average molecular weight is 293 g/mol. The highest BCUT2D eigenvalue weighted by atomic mass is 16.5. The quantitative estimate of drug-likeness (QED) is 0.367. The molecule has 1 aromatic rings. The van der Waals surface area contributed by atoms with Crippen LogP contribution in [0.25, 0.3) is 0 Å². The Labute approximate surface area is 125 Å². The van der Waals surface area contributed by atoms with Crippen molar-refractivity contribution in [3.05, 3.63) is 30.3 Å². The van der Waals surface area contributed by atoms with Gasteiger partial charge in [0.2, 0.25) is 11.8 Å². The number of hydrogen-bond acceptors (Lipinski definition) is 4. The maximum absolute atomic E-state index is 11.8. The molecule has 0 bridgehead atoms. The van der Waals surface area contributed by atoms with E-state index in [-0.39, 0.29) is 11.8 Å². The van der Waals surface area contributed by atoms with Crippen LogP contribution in [0.4, 0.5) is 5.69 Å². The molecule has 116 valence electrons. The van der Waals surface area contributed by atoms with Crippen molar-refractivity contribution >= 4 is 17.5 Å². The summed E-state index contributed by atoms with van der Waals surface area (Å²) in [5, 5.41) is 11.2. The summed E-state index contributed by atoms with van der Waals surface area (Å²) in [5.74, 6) is -0.394. The number of hydroxylamine groups is 1. The fraction of sp³-hybridized carbons (Fsp3) is 0.467. The molecule has 0 saturated carbocycles. The lowest BCUT2D eigenvalue weighted by atomic mass is 10.2. The van der Waals surface area contributed by atoms with E-state index in [1.165, 1.54) is 0 Å². The van der Waals surface area contributed by atoms with Gasteiger partial charge >= 0.3 is 0 Å². The molecule has 0 unspecified atom stereocenters. The first-order valence-electron chi connectivity index (χ1n) is 7.08. The summed E-state index contributed by atoms with van der Waals surface area (Å²) in [5.41, 5.74) is 2.41. The van der Waals surface area contributed by atoms with Gasteiger partial charge in [-0.1, -0.05) is 24.6 Å². The Morgan fingerprint density at radius 2 is 1.81 bits per heavy atom. The second-order valence-corrected chi connectivity index (χ2v) is 5.00. The molecule has 6 heteroatoms. The molecule has 3 N–H and O–H groups in total. The zero-order valence-corrected chi connectivity index (χ0v) is 12.3. The normalized spacial score (nSPS) is 10.4. The second-order valence-electron chi connectivity index (χ2n) is 5.00. The fourth-order valence-electron chi connectivity index (χ4n) is 1.95. The van der Waals surface area contributed by atoms with Crippen LogP contribution in [0.2, 0.25) is 0 Å². The van der Waals surface area contributed by atoms with Crippen molar-refractivity contribution in [3.63, 3.8) is 0 Å². The Kier molecular flexibility index (Phi) is 8.08. The van der Waals surface area contributed by atoms with Crippen LogP contribution in [-0.4, -0.2) is 42.1 Å². The number of anilines is 1. The van der Waals surface area contributed by atoms with Gasteiger partial charge in [0.25, 0.3) is 0 Å². The lowest BCUT2D eigenvalue weighted by molar-refractivity contribution is -0.129. The Balaban J connectivity index is 2.11. The van der Waals surface area contributed by atoms with E-state index in [0.717, 1.165) is 31.5 Å². The third-order valence-corrected chi connectivity index (χ3v) is 3.04. The summed E-state index contributed by atoms with van der Waals surface area (Å²) in [6.07, 6.45) is 2.86. The molecule has 21 heavy (non-hydrogen) atoms. The monoisotopic (exact) mass is 293 g/mol. The van der Waals surface area contributed by atoms with Gasteiger partial charge in [0.15, 0.2) is 0 Å². The number of benzene rings is 1. The fourth-order valence-corrected chi connectivity index (χ4v) is 1.95. The maximum Gasteiger partial charge on any atom is 0.243 e. The number of unbranched alkanes of at least 4 members (excludes halogenated alkanes) is 2. The Morgan fingerprint density at radius 3 is 2.48 bits per heavy atom. The molecule has 0 atom stereocenters. The number of hydrogen-bond donors (Lipinski definition) is 3. The van der Waals surface area contributed by atoms with Crippen molar-refractivity contribution in [3.8, 4) is 0 Å². The molecular formula is C15H23N3O3. The summed E-state index contributed by atoms with van der Waals surface area (Å²) < 4.78 is 0. The van der Waals surface area contributed by atoms with E-state index < -0.39 is 0 Å². The standard InChI is InChI=1S/C15H23N3O3/c1-18(11-7-3-6-10-14(19)17-21)12-15(20)16-13-8-4-2-5-9-13/h2,4-5,8-9,21H,3,6-7,10-12H2,1H3,(H,16,20)(H,17,19). The molecule has 0 aliphatic carbocycles. The van der Waals surface area contributed by atoms with Crippen molar-refractivity contribution in [2.45, 2.75) is 25.7 Å².